The zero-order valence-electron chi connectivity index (χ0n) is 15.8. The van der Waals surface area contributed by atoms with Gasteiger partial charge in [-0.25, -0.2) is 4.99 Å². The van der Waals surface area contributed by atoms with E-state index in [1.54, 1.807) is 6.07 Å². The lowest BCUT2D eigenvalue weighted by atomic mass is 10.0. The van der Waals surface area contributed by atoms with Crippen LogP contribution >= 0.6 is 35.0 Å². The molecular formula is C22H19Cl2N3OS. The molecule has 0 aliphatic carbocycles. The summed E-state index contributed by atoms with van der Waals surface area (Å²) in [4.78, 5) is 12.0. The van der Waals surface area contributed by atoms with E-state index in [1.807, 2.05) is 60.4 Å². The zero-order valence-corrected chi connectivity index (χ0v) is 18.1. The molecule has 2 aromatic heterocycles. The number of furan rings is 1. The van der Waals surface area contributed by atoms with Crippen LogP contribution in [0, 0.1) is 0 Å². The summed E-state index contributed by atoms with van der Waals surface area (Å²) in [6.45, 7) is 2.22. The van der Waals surface area contributed by atoms with Crippen molar-refractivity contribution in [3.8, 4) is 11.3 Å². The van der Waals surface area contributed by atoms with Crippen molar-refractivity contribution in [3.05, 3.63) is 76.2 Å². The molecule has 3 unspecified atom stereocenters. The van der Waals surface area contributed by atoms with Gasteiger partial charge in [-0.2, -0.15) is 0 Å². The number of thioether (sulfide) groups is 1. The van der Waals surface area contributed by atoms with Crippen molar-refractivity contribution in [1.29, 1.82) is 0 Å². The van der Waals surface area contributed by atoms with Crippen LogP contribution in [0.1, 0.15) is 36.9 Å². The Kier molecular flexibility index (Phi) is 5.06. The van der Waals surface area contributed by atoms with E-state index in [0.717, 1.165) is 40.1 Å². The topological polar surface area (TPSA) is 41.6 Å². The summed E-state index contributed by atoms with van der Waals surface area (Å²) >= 11 is 14.3. The van der Waals surface area contributed by atoms with Crippen molar-refractivity contribution in [2.45, 2.75) is 31.5 Å². The fraction of sp³-hybridized carbons (Fsp3) is 0.273. The lowest BCUT2D eigenvalue weighted by Crippen LogP contribution is -2.35. The molecule has 1 saturated heterocycles. The van der Waals surface area contributed by atoms with E-state index in [-0.39, 0.29) is 12.1 Å². The normalized spacial score (nSPS) is 23.3. The van der Waals surface area contributed by atoms with Crippen LogP contribution in [0.25, 0.3) is 11.3 Å². The van der Waals surface area contributed by atoms with Gasteiger partial charge < -0.3 is 9.32 Å². The van der Waals surface area contributed by atoms with Crippen LogP contribution in [-0.4, -0.2) is 26.8 Å². The standard InChI is InChI=1S/C22H19Cl2N3OS/c1-2-14-12-29-22-26-20(17-5-3-4-10-25-17)21(27(14)22)19-9-8-18(28-19)15-7-6-13(23)11-16(15)24/h3-11,14,20-21H,2,12H2,1H3. The van der Waals surface area contributed by atoms with E-state index in [2.05, 4.69) is 16.8 Å². The molecule has 0 N–H and O–H groups in total. The molecule has 3 atom stereocenters. The highest BCUT2D eigenvalue weighted by molar-refractivity contribution is 8.14. The van der Waals surface area contributed by atoms with E-state index in [4.69, 9.17) is 32.6 Å². The molecule has 2 aliphatic heterocycles. The van der Waals surface area contributed by atoms with Gasteiger partial charge in [0.25, 0.3) is 0 Å². The molecule has 2 aliphatic rings. The van der Waals surface area contributed by atoms with Crippen LogP contribution in [0.3, 0.4) is 0 Å². The van der Waals surface area contributed by atoms with Gasteiger partial charge in [0.15, 0.2) is 5.17 Å². The van der Waals surface area contributed by atoms with Crippen molar-refractivity contribution >= 4 is 40.1 Å². The number of pyridine rings is 1. The molecule has 1 aromatic carbocycles. The minimum atomic E-state index is -0.0901. The maximum Gasteiger partial charge on any atom is 0.161 e. The van der Waals surface area contributed by atoms with Crippen LogP contribution in [0.15, 0.2) is 64.1 Å². The summed E-state index contributed by atoms with van der Waals surface area (Å²) in [6.07, 6.45) is 2.88. The van der Waals surface area contributed by atoms with Crippen LogP contribution in [-0.2, 0) is 0 Å². The predicted octanol–water partition coefficient (Wildman–Crippen LogP) is 6.63. The lowest BCUT2D eigenvalue weighted by Gasteiger charge is -2.30. The third-order valence-corrected chi connectivity index (χ3v) is 7.12. The average Bonchev–Trinajstić information content (AvgIpc) is 3.43. The van der Waals surface area contributed by atoms with Gasteiger partial charge in [0.1, 0.15) is 23.6 Å². The molecule has 0 spiro atoms. The zero-order chi connectivity index (χ0) is 20.0. The minimum absolute atomic E-state index is 0.0142. The summed E-state index contributed by atoms with van der Waals surface area (Å²) in [6, 6.07) is 15.8. The summed E-state index contributed by atoms with van der Waals surface area (Å²) in [5.41, 5.74) is 1.79. The number of halogens is 2. The lowest BCUT2D eigenvalue weighted by molar-refractivity contribution is 0.226. The number of nitrogens with zero attached hydrogens (tertiary/aromatic N) is 3. The van der Waals surface area contributed by atoms with Crippen molar-refractivity contribution in [2.75, 3.05) is 5.75 Å². The van der Waals surface area contributed by atoms with Gasteiger partial charge in [-0.15, -0.1) is 0 Å². The fourth-order valence-electron chi connectivity index (χ4n) is 4.01. The minimum Gasteiger partial charge on any atom is -0.459 e. The number of fused-ring (bicyclic) bond motifs is 1. The van der Waals surface area contributed by atoms with E-state index in [0.29, 0.717) is 16.1 Å². The molecule has 1 fully saturated rings. The number of aliphatic imine (C=N–C) groups is 1. The summed E-state index contributed by atoms with van der Waals surface area (Å²) in [5, 5.41) is 2.26. The molecular weight excluding hydrogens is 425 g/mol. The molecule has 29 heavy (non-hydrogen) atoms. The quantitative estimate of drug-likeness (QED) is 0.453. The predicted molar refractivity (Wildman–Crippen MR) is 120 cm³/mol. The maximum absolute atomic E-state index is 6.40. The van der Waals surface area contributed by atoms with Gasteiger partial charge in [-0.3, -0.25) is 4.98 Å². The Balaban J connectivity index is 1.56. The first kappa shape index (κ1) is 19.0. The Hall–Kier alpha value is -1.95. The van der Waals surface area contributed by atoms with Crippen molar-refractivity contribution < 1.29 is 4.42 Å². The molecule has 148 valence electrons. The SMILES string of the molecule is CCC1CSC2=NC(c3ccccn3)C(c3ccc(-c4ccc(Cl)cc4Cl)o3)N21. The van der Waals surface area contributed by atoms with E-state index in [1.165, 1.54) is 0 Å². The Labute approximate surface area is 183 Å². The number of aromatic nitrogens is 1. The van der Waals surface area contributed by atoms with E-state index >= 15 is 0 Å². The highest BCUT2D eigenvalue weighted by Crippen LogP contribution is 2.49. The fourth-order valence-corrected chi connectivity index (χ4v) is 5.84. The Morgan fingerprint density at radius 2 is 2.07 bits per heavy atom. The monoisotopic (exact) mass is 443 g/mol. The number of amidine groups is 1. The molecule has 0 saturated carbocycles. The Morgan fingerprint density at radius 3 is 2.83 bits per heavy atom. The first-order chi connectivity index (χ1) is 14.2. The van der Waals surface area contributed by atoms with Gasteiger partial charge in [0.05, 0.1) is 10.7 Å². The summed E-state index contributed by atoms with van der Waals surface area (Å²) in [5.74, 6) is 2.66. The number of rotatable bonds is 4. The van der Waals surface area contributed by atoms with Crippen LogP contribution in [0.5, 0.6) is 0 Å². The average molecular weight is 444 g/mol. The molecule has 4 nitrogen and oxygen atoms in total. The summed E-state index contributed by atoms with van der Waals surface area (Å²) in [7, 11) is 0. The molecule has 5 rings (SSSR count). The largest absolute Gasteiger partial charge is 0.459 e. The molecule has 4 heterocycles. The van der Waals surface area contributed by atoms with Crippen LogP contribution < -0.4 is 0 Å². The van der Waals surface area contributed by atoms with Crippen LogP contribution in [0.4, 0.5) is 0 Å². The van der Waals surface area contributed by atoms with Gasteiger partial charge in [-0.05, 0) is 48.9 Å². The third kappa shape index (κ3) is 3.35. The van der Waals surface area contributed by atoms with Gasteiger partial charge in [-0.1, -0.05) is 48.0 Å². The second-order valence-electron chi connectivity index (χ2n) is 7.16. The molecule has 0 amide bonds. The van der Waals surface area contributed by atoms with Gasteiger partial charge >= 0.3 is 0 Å². The molecule has 7 heteroatoms. The van der Waals surface area contributed by atoms with Gasteiger partial charge in [0, 0.05) is 28.6 Å². The first-order valence-corrected chi connectivity index (χ1v) is 11.3. The second kappa shape index (κ2) is 7.71. The Bertz CT molecular complexity index is 1070. The van der Waals surface area contributed by atoms with Gasteiger partial charge in [0.2, 0.25) is 0 Å². The first-order valence-electron chi connectivity index (χ1n) is 9.60. The molecule has 0 bridgehead atoms. The maximum atomic E-state index is 6.40. The number of hydrogen-bond acceptors (Lipinski definition) is 5. The van der Waals surface area contributed by atoms with Crippen molar-refractivity contribution in [2.24, 2.45) is 4.99 Å². The Morgan fingerprint density at radius 1 is 1.17 bits per heavy atom. The second-order valence-corrected chi connectivity index (χ2v) is 8.99. The smallest absolute Gasteiger partial charge is 0.161 e. The summed E-state index contributed by atoms with van der Waals surface area (Å²) < 4.78 is 6.35. The van der Waals surface area contributed by atoms with Crippen LogP contribution in [0.2, 0.25) is 10.0 Å². The highest BCUT2D eigenvalue weighted by Gasteiger charge is 2.46. The number of hydrogen-bond donors (Lipinski definition) is 0. The van der Waals surface area contributed by atoms with E-state index < -0.39 is 0 Å². The van der Waals surface area contributed by atoms with Crippen molar-refractivity contribution in [3.63, 3.8) is 0 Å². The highest BCUT2D eigenvalue weighted by atomic mass is 35.5. The third-order valence-electron chi connectivity index (χ3n) is 5.44. The van der Waals surface area contributed by atoms with E-state index in [9.17, 15) is 0 Å². The molecule has 3 aromatic rings. The van der Waals surface area contributed by atoms with Crippen molar-refractivity contribution in [1.82, 2.24) is 9.88 Å². The number of benzene rings is 1. The molecule has 0 radical (unpaired) electrons.